The van der Waals surface area contributed by atoms with E-state index in [0.29, 0.717) is 4.90 Å². The van der Waals surface area contributed by atoms with Gasteiger partial charge in [-0.05, 0) is 25.1 Å². The minimum Gasteiger partial charge on any atom is -0.258 e. The topological polar surface area (TPSA) is 86.3 Å². The third kappa shape index (κ3) is 3.12. The molecular formula is C13H10N2O4S. The number of nitro benzene ring substituents is 2. The summed E-state index contributed by atoms with van der Waals surface area (Å²) in [4.78, 5) is 21.7. The van der Waals surface area contributed by atoms with E-state index < -0.39 is 9.85 Å². The Morgan fingerprint density at radius 3 is 2.35 bits per heavy atom. The van der Waals surface area contributed by atoms with Gasteiger partial charge in [0, 0.05) is 11.0 Å². The molecule has 0 bridgehead atoms. The molecule has 7 heteroatoms. The Morgan fingerprint density at radius 1 is 1.00 bits per heavy atom. The highest BCUT2D eigenvalue weighted by atomic mass is 32.2. The standard InChI is InChI=1S/C13H10N2O4S/c1-9-3-2-4-11(7-9)20-13-6-5-10(14(16)17)8-12(13)15(18)19/h2-8H,1H3. The lowest BCUT2D eigenvalue weighted by Gasteiger charge is -2.04. The first-order valence-corrected chi connectivity index (χ1v) is 6.46. The Balaban J connectivity index is 2.41. The van der Waals surface area contributed by atoms with Crippen LogP contribution in [0.2, 0.25) is 0 Å². The molecule has 0 radical (unpaired) electrons. The zero-order chi connectivity index (χ0) is 14.7. The highest BCUT2D eigenvalue weighted by Crippen LogP contribution is 2.36. The largest absolute Gasteiger partial charge is 0.290 e. The van der Waals surface area contributed by atoms with Crippen molar-refractivity contribution in [1.82, 2.24) is 0 Å². The van der Waals surface area contributed by atoms with Crippen LogP contribution in [-0.4, -0.2) is 9.85 Å². The second-order valence-electron chi connectivity index (χ2n) is 4.08. The fraction of sp³-hybridized carbons (Fsp3) is 0.0769. The van der Waals surface area contributed by atoms with Crippen LogP contribution >= 0.6 is 11.8 Å². The van der Waals surface area contributed by atoms with E-state index >= 15 is 0 Å². The van der Waals surface area contributed by atoms with Gasteiger partial charge in [0.2, 0.25) is 0 Å². The Kier molecular flexibility index (Phi) is 3.99. The van der Waals surface area contributed by atoms with Crippen molar-refractivity contribution in [3.8, 4) is 0 Å². The molecule has 0 N–H and O–H groups in total. The number of non-ortho nitro benzene ring substituents is 1. The van der Waals surface area contributed by atoms with Gasteiger partial charge >= 0.3 is 0 Å². The van der Waals surface area contributed by atoms with Crippen LogP contribution in [0.15, 0.2) is 52.3 Å². The summed E-state index contributed by atoms with van der Waals surface area (Å²) in [5, 5.41) is 21.7. The van der Waals surface area contributed by atoms with Gasteiger partial charge in [0.05, 0.1) is 20.8 Å². The molecule has 0 aliphatic heterocycles. The van der Waals surface area contributed by atoms with E-state index in [0.717, 1.165) is 16.5 Å². The van der Waals surface area contributed by atoms with Crippen molar-refractivity contribution in [1.29, 1.82) is 0 Å². The van der Waals surface area contributed by atoms with Crippen molar-refractivity contribution >= 4 is 23.1 Å². The van der Waals surface area contributed by atoms with Crippen molar-refractivity contribution in [2.45, 2.75) is 16.7 Å². The smallest absolute Gasteiger partial charge is 0.258 e. The fourth-order valence-electron chi connectivity index (χ4n) is 1.65. The molecule has 2 aromatic rings. The van der Waals surface area contributed by atoms with Gasteiger partial charge in [-0.3, -0.25) is 20.2 Å². The molecule has 0 saturated heterocycles. The maximum Gasteiger partial charge on any atom is 0.290 e. The number of benzene rings is 2. The van der Waals surface area contributed by atoms with Crippen molar-refractivity contribution in [2.24, 2.45) is 0 Å². The Morgan fingerprint density at radius 2 is 1.75 bits per heavy atom. The van der Waals surface area contributed by atoms with Gasteiger partial charge in [0.15, 0.2) is 0 Å². The summed E-state index contributed by atoms with van der Waals surface area (Å²) < 4.78 is 0. The molecule has 0 aliphatic rings. The van der Waals surface area contributed by atoms with Gasteiger partial charge < -0.3 is 0 Å². The number of rotatable bonds is 4. The number of aryl methyl sites for hydroxylation is 1. The van der Waals surface area contributed by atoms with E-state index in [-0.39, 0.29) is 11.4 Å². The number of nitro groups is 2. The fourth-order valence-corrected chi connectivity index (χ4v) is 2.67. The third-order valence-corrected chi connectivity index (χ3v) is 3.62. The Labute approximate surface area is 118 Å². The molecule has 6 nitrogen and oxygen atoms in total. The second-order valence-corrected chi connectivity index (χ2v) is 5.20. The molecular weight excluding hydrogens is 280 g/mol. The van der Waals surface area contributed by atoms with Gasteiger partial charge in [-0.1, -0.05) is 29.5 Å². The number of nitrogens with zero attached hydrogens (tertiary/aromatic N) is 2. The van der Waals surface area contributed by atoms with Crippen LogP contribution in [0, 0.1) is 27.2 Å². The van der Waals surface area contributed by atoms with E-state index in [2.05, 4.69) is 0 Å². The lowest BCUT2D eigenvalue weighted by Crippen LogP contribution is -1.94. The normalized spacial score (nSPS) is 10.2. The highest BCUT2D eigenvalue weighted by Gasteiger charge is 2.20. The van der Waals surface area contributed by atoms with Crippen LogP contribution in [0.4, 0.5) is 11.4 Å². The first-order chi connectivity index (χ1) is 9.47. The van der Waals surface area contributed by atoms with Crippen LogP contribution in [0.3, 0.4) is 0 Å². The van der Waals surface area contributed by atoms with E-state index in [9.17, 15) is 20.2 Å². The van der Waals surface area contributed by atoms with Crippen molar-refractivity contribution in [2.75, 3.05) is 0 Å². The Bertz CT molecular complexity index is 688. The molecule has 102 valence electrons. The molecule has 20 heavy (non-hydrogen) atoms. The van der Waals surface area contributed by atoms with Gasteiger partial charge in [0.25, 0.3) is 11.4 Å². The maximum absolute atomic E-state index is 11.0. The summed E-state index contributed by atoms with van der Waals surface area (Å²) in [6.07, 6.45) is 0. The maximum atomic E-state index is 11.0. The van der Waals surface area contributed by atoms with E-state index in [1.807, 2.05) is 31.2 Å². The second kappa shape index (κ2) is 5.70. The molecule has 0 saturated carbocycles. The van der Waals surface area contributed by atoms with Crippen LogP contribution < -0.4 is 0 Å². The predicted molar refractivity (Wildman–Crippen MR) is 75.1 cm³/mol. The molecule has 0 heterocycles. The minimum atomic E-state index is -0.645. The van der Waals surface area contributed by atoms with Crippen LogP contribution in [0.1, 0.15) is 5.56 Å². The molecule has 0 fully saturated rings. The zero-order valence-electron chi connectivity index (χ0n) is 10.5. The highest BCUT2D eigenvalue weighted by molar-refractivity contribution is 7.99. The first-order valence-electron chi connectivity index (χ1n) is 5.65. The molecule has 0 aromatic heterocycles. The first kappa shape index (κ1) is 14.0. The molecule has 0 spiro atoms. The molecule has 0 atom stereocenters. The summed E-state index contributed by atoms with van der Waals surface area (Å²) in [7, 11) is 0. The van der Waals surface area contributed by atoms with E-state index in [4.69, 9.17) is 0 Å². The summed E-state index contributed by atoms with van der Waals surface area (Å²) >= 11 is 1.21. The molecule has 2 rings (SSSR count). The monoisotopic (exact) mass is 290 g/mol. The van der Waals surface area contributed by atoms with Crippen LogP contribution in [-0.2, 0) is 0 Å². The zero-order valence-corrected chi connectivity index (χ0v) is 11.3. The molecule has 0 aliphatic carbocycles. The third-order valence-electron chi connectivity index (χ3n) is 2.57. The van der Waals surface area contributed by atoms with Crippen molar-refractivity contribution in [3.63, 3.8) is 0 Å². The van der Waals surface area contributed by atoms with E-state index in [1.165, 1.54) is 23.9 Å². The van der Waals surface area contributed by atoms with Gasteiger partial charge in [-0.25, -0.2) is 0 Å². The van der Waals surface area contributed by atoms with Gasteiger partial charge in [0.1, 0.15) is 0 Å². The summed E-state index contributed by atoms with van der Waals surface area (Å²) in [5.74, 6) is 0. The average Bonchev–Trinajstić information content (AvgIpc) is 2.38. The minimum absolute atomic E-state index is 0.259. The van der Waals surface area contributed by atoms with E-state index in [1.54, 1.807) is 0 Å². The van der Waals surface area contributed by atoms with Crippen molar-refractivity contribution < 1.29 is 9.85 Å². The summed E-state index contributed by atoms with van der Waals surface area (Å²) in [6.45, 7) is 1.92. The quantitative estimate of drug-likeness (QED) is 0.628. The molecule has 0 amide bonds. The SMILES string of the molecule is Cc1cccc(Sc2ccc([N+](=O)[O-])cc2[N+](=O)[O-])c1. The lowest BCUT2D eigenvalue weighted by molar-refractivity contribution is -0.396. The lowest BCUT2D eigenvalue weighted by atomic mass is 10.2. The van der Waals surface area contributed by atoms with Gasteiger partial charge in [-0.2, -0.15) is 0 Å². The van der Waals surface area contributed by atoms with Crippen LogP contribution in [0.25, 0.3) is 0 Å². The average molecular weight is 290 g/mol. The summed E-state index contributed by atoms with van der Waals surface area (Å²) in [6, 6.07) is 11.2. The Hall–Kier alpha value is -2.41. The van der Waals surface area contributed by atoms with Crippen LogP contribution in [0.5, 0.6) is 0 Å². The number of hydrogen-bond acceptors (Lipinski definition) is 5. The summed E-state index contributed by atoms with van der Waals surface area (Å²) in [5.41, 5.74) is 0.496. The van der Waals surface area contributed by atoms with Gasteiger partial charge in [-0.15, -0.1) is 0 Å². The number of hydrogen-bond donors (Lipinski definition) is 0. The molecule has 0 unspecified atom stereocenters. The van der Waals surface area contributed by atoms with Crippen molar-refractivity contribution in [3.05, 3.63) is 68.3 Å². The predicted octanol–water partition coefficient (Wildman–Crippen LogP) is 3.96. The molecule has 2 aromatic carbocycles.